The van der Waals surface area contributed by atoms with Gasteiger partial charge in [0.2, 0.25) is 0 Å². The third-order valence-corrected chi connectivity index (χ3v) is 6.83. The lowest BCUT2D eigenvalue weighted by Crippen LogP contribution is -2.45. The van der Waals surface area contributed by atoms with E-state index in [2.05, 4.69) is 20.3 Å². The topological polar surface area (TPSA) is 85.9 Å². The number of hydrogen-bond donors (Lipinski definition) is 1. The van der Waals surface area contributed by atoms with Crippen molar-refractivity contribution in [1.29, 1.82) is 0 Å². The fourth-order valence-corrected chi connectivity index (χ4v) is 5.08. The summed E-state index contributed by atoms with van der Waals surface area (Å²) in [7, 11) is 0. The average Bonchev–Trinajstić information content (AvgIpc) is 3.57. The van der Waals surface area contributed by atoms with E-state index in [4.69, 9.17) is 9.47 Å². The maximum Gasteiger partial charge on any atom is 0.257 e. The number of fused-ring (bicyclic) bond motifs is 2. The summed E-state index contributed by atoms with van der Waals surface area (Å²) in [5.41, 5.74) is 3.37. The summed E-state index contributed by atoms with van der Waals surface area (Å²) >= 11 is 0. The Balaban J connectivity index is 1.31. The summed E-state index contributed by atoms with van der Waals surface area (Å²) in [6, 6.07) is 5.05. The molecule has 0 bridgehead atoms. The number of benzene rings is 1. The van der Waals surface area contributed by atoms with Gasteiger partial charge in [0.1, 0.15) is 5.52 Å². The van der Waals surface area contributed by atoms with Crippen LogP contribution in [0.25, 0.3) is 16.6 Å². The fraction of sp³-hybridized carbons (Fsp3) is 0.400. The van der Waals surface area contributed by atoms with E-state index in [0.29, 0.717) is 42.2 Å². The van der Waals surface area contributed by atoms with Gasteiger partial charge in [0, 0.05) is 68.2 Å². The normalized spacial score (nSPS) is 17.6. The number of anilines is 2. The number of pyridine rings is 1. The molecule has 0 radical (unpaired) electrons. The Morgan fingerprint density at radius 1 is 1.17 bits per heavy atom. The molecule has 5 heterocycles. The van der Waals surface area contributed by atoms with E-state index in [9.17, 15) is 9.18 Å². The first-order valence-electron chi connectivity index (χ1n) is 11.9. The van der Waals surface area contributed by atoms with Crippen LogP contribution in [0.2, 0.25) is 0 Å². The van der Waals surface area contributed by atoms with Gasteiger partial charge in [-0.3, -0.25) is 9.48 Å². The highest BCUT2D eigenvalue weighted by Gasteiger charge is 2.40. The maximum atomic E-state index is 14.5. The minimum atomic E-state index is -0.496. The van der Waals surface area contributed by atoms with Gasteiger partial charge in [0.25, 0.3) is 5.91 Å². The number of piperidine rings is 1. The third-order valence-electron chi connectivity index (χ3n) is 6.83. The molecule has 2 aliphatic heterocycles. The SMILES string of the molecule is CCn1cc2c(N3CCC4(CC3)OCCO4)ccc(C(=O)Nc3cc(F)c4nc(C)cn4c3)c2n1. The van der Waals surface area contributed by atoms with E-state index in [1.165, 1.54) is 6.07 Å². The van der Waals surface area contributed by atoms with E-state index in [0.717, 1.165) is 37.0 Å². The molecule has 0 unspecified atom stereocenters. The van der Waals surface area contributed by atoms with Crippen molar-refractivity contribution in [1.82, 2.24) is 19.2 Å². The molecule has 182 valence electrons. The molecular weight excluding hydrogens is 451 g/mol. The average molecular weight is 479 g/mol. The highest BCUT2D eigenvalue weighted by Crippen LogP contribution is 2.36. The summed E-state index contributed by atoms with van der Waals surface area (Å²) in [6.07, 6.45) is 6.94. The number of carbonyl (C=O) groups is 1. The lowest BCUT2D eigenvalue weighted by molar-refractivity contribution is -0.169. The summed E-state index contributed by atoms with van der Waals surface area (Å²) in [5, 5.41) is 8.42. The van der Waals surface area contributed by atoms with Crippen LogP contribution in [0.4, 0.5) is 15.8 Å². The van der Waals surface area contributed by atoms with E-state index in [1.54, 1.807) is 29.8 Å². The zero-order valence-corrected chi connectivity index (χ0v) is 19.8. The van der Waals surface area contributed by atoms with Gasteiger partial charge >= 0.3 is 0 Å². The van der Waals surface area contributed by atoms with Gasteiger partial charge in [-0.15, -0.1) is 0 Å². The van der Waals surface area contributed by atoms with E-state index >= 15 is 0 Å². The monoisotopic (exact) mass is 478 g/mol. The number of imidazole rings is 1. The fourth-order valence-electron chi connectivity index (χ4n) is 5.08. The highest BCUT2D eigenvalue weighted by atomic mass is 19.1. The van der Waals surface area contributed by atoms with Crippen LogP contribution in [-0.2, 0) is 16.0 Å². The molecule has 10 heteroatoms. The van der Waals surface area contributed by atoms with Gasteiger partial charge < -0.3 is 24.1 Å². The van der Waals surface area contributed by atoms with Gasteiger partial charge in [-0.2, -0.15) is 5.10 Å². The Hall–Kier alpha value is -3.50. The molecule has 4 aromatic rings. The molecule has 1 N–H and O–H groups in total. The second kappa shape index (κ2) is 8.31. The Morgan fingerprint density at radius 3 is 2.69 bits per heavy atom. The molecule has 0 saturated carbocycles. The number of aromatic nitrogens is 4. The number of halogens is 1. The number of rotatable bonds is 4. The largest absolute Gasteiger partial charge is 0.371 e. The predicted molar refractivity (Wildman–Crippen MR) is 129 cm³/mol. The van der Waals surface area contributed by atoms with Crippen molar-refractivity contribution < 1.29 is 18.7 Å². The zero-order valence-electron chi connectivity index (χ0n) is 19.8. The minimum absolute atomic E-state index is 0.227. The van der Waals surface area contributed by atoms with E-state index in [-0.39, 0.29) is 11.6 Å². The first-order valence-corrected chi connectivity index (χ1v) is 11.9. The van der Waals surface area contributed by atoms with Crippen molar-refractivity contribution in [2.24, 2.45) is 0 Å². The van der Waals surface area contributed by atoms with E-state index in [1.807, 2.05) is 23.9 Å². The highest BCUT2D eigenvalue weighted by molar-refractivity contribution is 6.13. The molecule has 2 aliphatic rings. The molecule has 1 spiro atoms. The zero-order chi connectivity index (χ0) is 24.2. The Kier molecular flexibility index (Phi) is 5.23. The summed E-state index contributed by atoms with van der Waals surface area (Å²) in [4.78, 5) is 19.7. The smallest absolute Gasteiger partial charge is 0.257 e. The van der Waals surface area contributed by atoms with Crippen molar-refractivity contribution in [2.75, 3.05) is 36.5 Å². The van der Waals surface area contributed by atoms with Gasteiger partial charge in [-0.05, 0) is 26.0 Å². The first-order chi connectivity index (χ1) is 16.9. The number of aryl methyl sites for hydroxylation is 2. The molecule has 6 rings (SSSR count). The summed E-state index contributed by atoms with van der Waals surface area (Å²) in [5.74, 6) is -1.29. The third kappa shape index (κ3) is 3.82. The van der Waals surface area contributed by atoms with Crippen LogP contribution < -0.4 is 10.2 Å². The lowest BCUT2D eigenvalue weighted by atomic mass is 10.0. The molecular formula is C25H27FN6O3. The molecule has 1 aromatic carbocycles. The Labute approximate surface area is 201 Å². The maximum absolute atomic E-state index is 14.5. The van der Waals surface area contributed by atoms with Crippen LogP contribution in [0.1, 0.15) is 35.8 Å². The molecule has 0 aliphatic carbocycles. The number of ether oxygens (including phenoxy) is 2. The molecule has 3 aromatic heterocycles. The van der Waals surface area contributed by atoms with Crippen LogP contribution in [0, 0.1) is 12.7 Å². The number of amides is 1. The van der Waals surface area contributed by atoms with Crippen LogP contribution in [0.3, 0.4) is 0 Å². The standard InChI is InChI=1S/C25H27FN6O3/c1-3-32-15-19-21(30-8-6-25(7-9-30)34-10-11-35-25)5-4-18(22(19)29-32)24(33)28-17-12-20(26)23-27-16(2)13-31(23)14-17/h4-5,12-15H,3,6-11H2,1-2H3,(H,28,33). The van der Waals surface area contributed by atoms with Gasteiger partial charge in [0.15, 0.2) is 17.3 Å². The van der Waals surface area contributed by atoms with Crippen LogP contribution in [0.15, 0.2) is 36.8 Å². The minimum Gasteiger partial charge on any atom is -0.371 e. The van der Waals surface area contributed by atoms with Crippen molar-refractivity contribution >= 4 is 33.8 Å². The molecule has 9 nitrogen and oxygen atoms in total. The number of hydrogen-bond acceptors (Lipinski definition) is 6. The van der Waals surface area contributed by atoms with Crippen molar-refractivity contribution in [3.8, 4) is 0 Å². The summed E-state index contributed by atoms with van der Waals surface area (Å²) in [6.45, 7) is 7.37. The van der Waals surface area contributed by atoms with Crippen molar-refractivity contribution in [3.05, 3.63) is 53.9 Å². The number of nitrogens with zero attached hydrogens (tertiary/aromatic N) is 5. The molecule has 2 saturated heterocycles. The molecule has 0 atom stereocenters. The second-order valence-electron chi connectivity index (χ2n) is 9.12. The van der Waals surface area contributed by atoms with Crippen LogP contribution >= 0.6 is 0 Å². The molecule has 2 fully saturated rings. The quantitative estimate of drug-likeness (QED) is 0.481. The lowest BCUT2D eigenvalue weighted by Gasteiger charge is -2.39. The van der Waals surface area contributed by atoms with E-state index < -0.39 is 11.6 Å². The predicted octanol–water partition coefficient (Wildman–Crippen LogP) is 3.75. The van der Waals surface area contributed by atoms with Crippen molar-refractivity contribution in [2.45, 2.75) is 39.0 Å². The first kappa shape index (κ1) is 22.0. The van der Waals surface area contributed by atoms with Gasteiger partial charge in [-0.25, -0.2) is 9.37 Å². The summed E-state index contributed by atoms with van der Waals surface area (Å²) < 4.78 is 29.7. The number of carbonyl (C=O) groups excluding carboxylic acids is 1. The second-order valence-corrected chi connectivity index (χ2v) is 9.12. The van der Waals surface area contributed by atoms with Gasteiger partial charge in [0.05, 0.1) is 30.2 Å². The Morgan fingerprint density at radius 2 is 1.94 bits per heavy atom. The van der Waals surface area contributed by atoms with Gasteiger partial charge in [-0.1, -0.05) is 0 Å². The number of nitrogens with one attached hydrogen (secondary N) is 1. The molecule has 1 amide bonds. The molecule has 35 heavy (non-hydrogen) atoms. The van der Waals surface area contributed by atoms with Crippen LogP contribution in [0.5, 0.6) is 0 Å². The van der Waals surface area contributed by atoms with Crippen LogP contribution in [-0.4, -0.2) is 57.2 Å². The Bertz CT molecular complexity index is 1430. The van der Waals surface area contributed by atoms with Crippen molar-refractivity contribution in [3.63, 3.8) is 0 Å².